The summed E-state index contributed by atoms with van der Waals surface area (Å²) in [7, 11) is -4.18. The summed E-state index contributed by atoms with van der Waals surface area (Å²) >= 11 is 12.4. The van der Waals surface area contributed by atoms with Crippen LogP contribution < -0.4 is 9.62 Å². The molecule has 0 aliphatic heterocycles. The van der Waals surface area contributed by atoms with Crippen molar-refractivity contribution in [2.75, 3.05) is 17.4 Å². The fourth-order valence-corrected chi connectivity index (χ4v) is 6.97. The van der Waals surface area contributed by atoms with Crippen LogP contribution in [-0.4, -0.2) is 50.3 Å². The maximum Gasteiger partial charge on any atom is 0.264 e. The number of benzene rings is 3. The van der Waals surface area contributed by atoms with Crippen molar-refractivity contribution in [1.82, 2.24) is 10.2 Å². The highest BCUT2D eigenvalue weighted by Gasteiger charge is 2.34. The fraction of sp³-hybridized carbons (Fsp3) is 0.375. The number of hydrogen-bond acceptors (Lipinski definition) is 4. The van der Waals surface area contributed by atoms with Gasteiger partial charge in [0.25, 0.3) is 10.0 Å². The number of sulfonamides is 1. The first-order valence-electron chi connectivity index (χ1n) is 14.3. The van der Waals surface area contributed by atoms with Crippen molar-refractivity contribution < 1.29 is 18.0 Å². The summed E-state index contributed by atoms with van der Waals surface area (Å²) in [6.07, 6.45) is 4.86. The Morgan fingerprint density at radius 1 is 0.952 bits per heavy atom. The van der Waals surface area contributed by atoms with Crippen molar-refractivity contribution in [1.29, 1.82) is 0 Å². The van der Waals surface area contributed by atoms with E-state index in [9.17, 15) is 18.0 Å². The van der Waals surface area contributed by atoms with Gasteiger partial charge >= 0.3 is 0 Å². The molecule has 2 amide bonds. The summed E-state index contributed by atoms with van der Waals surface area (Å²) in [6, 6.07) is 19.9. The van der Waals surface area contributed by atoms with Crippen LogP contribution >= 0.6 is 23.2 Å². The van der Waals surface area contributed by atoms with E-state index in [0.29, 0.717) is 12.8 Å². The van der Waals surface area contributed by atoms with E-state index in [1.165, 1.54) is 35.2 Å². The summed E-state index contributed by atoms with van der Waals surface area (Å²) in [5, 5.41) is 3.55. The van der Waals surface area contributed by atoms with E-state index in [4.69, 9.17) is 23.2 Å². The molecule has 7 nitrogen and oxygen atoms in total. The Labute approximate surface area is 258 Å². The molecule has 1 saturated carbocycles. The first kappa shape index (κ1) is 31.9. The Kier molecular flexibility index (Phi) is 10.9. The first-order valence-corrected chi connectivity index (χ1v) is 16.5. The molecule has 3 aromatic rings. The number of nitrogens with zero attached hydrogens (tertiary/aromatic N) is 2. The molecule has 1 aliphatic carbocycles. The number of hydrogen-bond donors (Lipinski definition) is 1. The highest BCUT2D eigenvalue weighted by atomic mass is 35.5. The van der Waals surface area contributed by atoms with E-state index in [1.807, 2.05) is 44.2 Å². The first-order chi connectivity index (χ1) is 20.1. The third-order valence-electron chi connectivity index (χ3n) is 7.65. The number of nitrogens with one attached hydrogen (secondary N) is 1. The van der Waals surface area contributed by atoms with Crippen LogP contribution in [0.2, 0.25) is 10.0 Å². The van der Waals surface area contributed by atoms with Crippen molar-refractivity contribution in [2.45, 2.75) is 69.4 Å². The van der Waals surface area contributed by atoms with Gasteiger partial charge in [0.2, 0.25) is 11.8 Å². The maximum absolute atomic E-state index is 14.2. The second kappa shape index (κ2) is 14.4. The van der Waals surface area contributed by atoms with Crippen LogP contribution in [0.5, 0.6) is 0 Å². The number of rotatable bonds is 12. The van der Waals surface area contributed by atoms with Crippen LogP contribution in [0, 0.1) is 6.92 Å². The van der Waals surface area contributed by atoms with Crippen molar-refractivity contribution in [3.63, 3.8) is 0 Å². The number of halogens is 2. The number of anilines is 1. The molecular formula is C32H37Cl2N3O4S. The lowest BCUT2D eigenvalue weighted by atomic mass is 10.1. The van der Waals surface area contributed by atoms with E-state index in [0.717, 1.165) is 41.1 Å². The van der Waals surface area contributed by atoms with Gasteiger partial charge in [0.05, 0.1) is 20.6 Å². The quantitative estimate of drug-likeness (QED) is 0.251. The van der Waals surface area contributed by atoms with Gasteiger partial charge in [0.1, 0.15) is 12.6 Å². The molecule has 0 unspecified atom stereocenters. The molecule has 1 fully saturated rings. The molecule has 1 aliphatic rings. The zero-order chi connectivity index (χ0) is 30.3. The van der Waals surface area contributed by atoms with E-state index >= 15 is 0 Å². The molecule has 3 aromatic carbocycles. The molecule has 0 radical (unpaired) electrons. The lowest BCUT2D eigenvalue weighted by Crippen LogP contribution is -2.54. The van der Waals surface area contributed by atoms with Crippen molar-refractivity contribution in [3.05, 3.63) is 94.0 Å². The molecule has 0 saturated heterocycles. The number of carbonyl (C=O) groups is 2. The zero-order valence-corrected chi connectivity index (χ0v) is 26.3. The Balaban J connectivity index is 1.69. The summed E-state index contributed by atoms with van der Waals surface area (Å²) in [5.41, 5.74) is 2.11. The van der Waals surface area contributed by atoms with Crippen molar-refractivity contribution in [3.8, 4) is 0 Å². The smallest absolute Gasteiger partial charge is 0.264 e. The molecular weight excluding hydrogens is 593 g/mol. The lowest BCUT2D eigenvalue weighted by molar-refractivity contribution is -0.139. The zero-order valence-electron chi connectivity index (χ0n) is 23.9. The van der Waals surface area contributed by atoms with E-state index in [1.54, 1.807) is 12.1 Å². The molecule has 42 heavy (non-hydrogen) atoms. The predicted molar refractivity (Wildman–Crippen MR) is 169 cm³/mol. The van der Waals surface area contributed by atoms with Gasteiger partial charge in [-0.3, -0.25) is 13.9 Å². The minimum atomic E-state index is -4.18. The van der Waals surface area contributed by atoms with Crippen LogP contribution in [0.3, 0.4) is 0 Å². The van der Waals surface area contributed by atoms with Crippen LogP contribution in [0.25, 0.3) is 0 Å². The number of amides is 2. The molecule has 1 N–H and O–H groups in total. The van der Waals surface area contributed by atoms with Gasteiger partial charge in [0.15, 0.2) is 0 Å². The van der Waals surface area contributed by atoms with Crippen LogP contribution in [0.1, 0.15) is 50.2 Å². The topological polar surface area (TPSA) is 86.8 Å². The van der Waals surface area contributed by atoms with Gasteiger partial charge < -0.3 is 10.2 Å². The maximum atomic E-state index is 14.2. The standard InChI is InChI=1S/C32H37Cl2N3O4S/c1-3-30(32(39)35-25-11-7-8-12-25)36(20-19-24-9-5-4-6-10-24)31(38)22-37(26-15-18-28(33)29(34)21-26)42(40,41)27-16-13-23(2)14-17-27/h4-6,9-10,13-18,21,25,30H,3,7-8,11-12,19-20,22H2,1-2H3,(H,35,39)/t30-/m1/s1. The van der Waals surface area contributed by atoms with E-state index in [2.05, 4.69) is 5.32 Å². The average Bonchev–Trinajstić information content (AvgIpc) is 3.49. The fourth-order valence-electron chi connectivity index (χ4n) is 5.27. The lowest BCUT2D eigenvalue weighted by Gasteiger charge is -2.33. The normalized spacial score (nSPS) is 14.4. The molecule has 10 heteroatoms. The molecule has 0 heterocycles. The highest BCUT2D eigenvalue weighted by molar-refractivity contribution is 7.92. The van der Waals surface area contributed by atoms with Crippen molar-refractivity contribution >= 4 is 50.7 Å². The number of aryl methyl sites for hydroxylation is 1. The molecule has 0 aromatic heterocycles. The Morgan fingerprint density at radius 2 is 1.62 bits per heavy atom. The predicted octanol–water partition coefficient (Wildman–Crippen LogP) is 6.41. The molecule has 4 rings (SSSR count). The molecule has 0 spiro atoms. The summed E-state index contributed by atoms with van der Waals surface area (Å²) in [6.45, 7) is 3.46. The van der Waals surface area contributed by atoms with Gasteiger partial charge in [0, 0.05) is 12.6 Å². The minimum absolute atomic E-state index is 0.0359. The van der Waals surface area contributed by atoms with Gasteiger partial charge in [-0.1, -0.05) is 91.0 Å². The Morgan fingerprint density at radius 3 is 2.24 bits per heavy atom. The number of carbonyl (C=O) groups excluding carboxylic acids is 2. The van der Waals surface area contributed by atoms with Crippen LogP contribution in [-0.2, 0) is 26.0 Å². The minimum Gasteiger partial charge on any atom is -0.352 e. The third kappa shape index (κ3) is 7.85. The summed E-state index contributed by atoms with van der Waals surface area (Å²) < 4.78 is 29.0. The molecule has 1 atom stereocenters. The average molecular weight is 631 g/mol. The van der Waals surface area contributed by atoms with Gasteiger partial charge in [-0.05, 0) is 68.5 Å². The third-order valence-corrected chi connectivity index (χ3v) is 10.2. The largest absolute Gasteiger partial charge is 0.352 e. The highest BCUT2D eigenvalue weighted by Crippen LogP contribution is 2.31. The second-order valence-electron chi connectivity index (χ2n) is 10.7. The molecule has 0 bridgehead atoms. The van der Waals surface area contributed by atoms with Gasteiger partial charge in [-0.2, -0.15) is 0 Å². The van der Waals surface area contributed by atoms with Gasteiger partial charge in [-0.25, -0.2) is 8.42 Å². The Hall–Kier alpha value is -3.07. The van der Waals surface area contributed by atoms with Crippen LogP contribution in [0.4, 0.5) is 5.69 Å². The van der Waals surface area contributed by atoms with E-state index < -0.39 is 28.5 Å². The van der Waals surface area contributed by atoms with Crippen LogP contribution in [0.15, 0.2) is 77.7 Å². The van der Waals surface area contributed by atoms with E-state index in [-0.39, 0.29) is 39.1 Å². The van der Waals surface area contributed by atoms with Crippen molar-refractivity contribution in [2.24, 2.45) is 0 Å². The SMILES string of the molecule is CC[C@H](C(=O)NC1CCCC1)N(CCc1ccccc1)C(=O)CN(c1ccc(Cl)c(Cl)c1)S(=O)(=O)c1ccc(C)cc1. The summed E-state index contributed by atoms with van der Waals surface area (Å²) in [5.74, 6) is -0.700. The summed E-state index contributed by atoms with van der Waals surface area (Å²) in [4.78, 5) is 29.2. The molecule has 224 valence electrons. The van der Waals surface area contributed by atoms with Gasteiger partial charge in [-0.15, -0.1) is 0 Å². The second-order valence-corrected chi connectivity index (χ2v) is 13.3. The Bertz CT molecular complexity index is 1480. The monoisotopic (exact) mass is 629 g/mol.